The number of nitrogens with one attached hydrogen (secondary N) is 1. The number of hydrogen-bond donors (Lipinski definition) is 1. The molecule has 0 radical (unpaired) electrons. The van der Waals surface area contributed by atoms with Crippen LogP contribution in [0.4, 0.5) is 0 Å². The number of hydrogen-bond acceptors (Lipinski definition) is 2. The van der Waals surface area contributed by atoms with Gasteiger partial charge in [0.15, 0.2) is 0 Å². The molecule has 1 N–H and O–H groups in total. The van der Waals surface area contributed by atoms with Gasteiger partial charge in [-0.1, -0.05) is 49.4 Å². The van der Waals surface area contributed by atoms with Crippen molar-refractivity contribution in [3.8, 4) is 5.75 Å². The lowest BCUT2D eigenvalue weighted by Crippen LogP contribution is -2.28. The molecule has 116 valence electrons. The number of amides is 1. The van der Waals surface area contributed by atoms with Crippen molar-refractivity contribution in [3.63, 3.8) is 0 Å². The Kier molecular flexibility index (Phi) is 6.01. The third kappa shape index (κ3) is 4.62. The molecule has 1 atom stereocenters. The van der Waals surface area contributed by atoms with Gasteiger partial charge in [0.05, 0.1) is 13.2 Å². The molecule has 2 aromatic carbocycles. The molecular formula is C19H23NO2. The van der Waals surface area contributed by atoms with E-state index in [2.05, 4.69) is 24.4 Å². The van der Waals surface area contributed by atoms with E-state index in [4.69, 9.17) is 4.74 Å². The Bertz CT molecular complexity index is 578. The average molecular weight is 297 g/mol. The second-order valence-electron chi connectivity index (χ2n) is 5.29. The molecule has 3 nitrogen and oxygen atoms in total. The Hall–Kier alpha value is -2.29. The molecule has 0 aromatic heterocycles. The average Bonchev–Trinajstić information content (AvgIpc) is 2.59. The molecule has 0 saturated heterocycles. The number of carbonyl (C=O) groups is 1. The largest absolute Gasteiger partial charge is 0.497 e. The van der Waals surface area contributed by atoms with E-state index in [1.165, 1.54) is 0 Å². The summed E-state index contributed by atoms with van der Waals surface area (Å²) >= 11 is 0. The summed E-state index contributed by atoms with van der Waals surface area (Å²) in [5.41, 5.74) is 2.30. The van der Waals surface area contributed by atoms with Crippen LogP contribution in [0, 0.1) is 0 Å². The van der Waals surface area contributed by atoms with E-state index >= 15 is 0 Å². The molecule has 1 unspecified atom stereocenters. The predicted octanol–water partition coefficient (Wildman–Crippen LogP) is 3.90. The van der Waals surface area contributed by atoms with Crippen LogP contribution in [-0.4, -0.2) is 13.0 Å². The second kappa shape index (κ2) is 8.23. The van der Waals surface area contributed by atoms with Gasteiger partial charge in [-0.3, -0.25) is 4.79 Å². The zero-order valence-corrected chi connectivity index (χ0v) is 13.2. The Balaban J connectivity index is 1.86. The van der Waals surface area contributed by atoms with Crippen LogP contribution < -0.4 is 10.1 Å². The van der Waals surface area contributed by atoms with Crippen LogP contribution >= 0.6 is 0 Å². The van der Waals surface area contributed by atoms with Crippen molar-refractivity contribution in [3.05, 3.63) is 65.7 Å². The smallest absolute Gasteiger partial charge is 0.220 e. The summed E-state index contributed by atoms with van der Waals surface area (Å²) in [6.45, 7) is 2.08. The molecule has 0 fully saturated rings. The van der Waals surface area contributed by atoms with Crippen molar-refractivity contribution < 1.29 is 9.53 Å². The molecule has 2 aromatic rings. The molecule has 0 aliphatic rings. The Morgan fingerprint density at radius 1 is 1.09 bits per heavy atom. The van der Waals surface area contributed by atoms with Crippen molar-refractivity contribution in [1.82, 2.24) is 5.32 Å². The van der Waals surface area contributed by atoms with Gasteiger partial charge in [-0.2, -0.15) is 0 Å². The molecule has 0 spiro atoms. The highest BCUT2D eigenvalue weighted by molar-refractivity contribution is 5.76. The summed E-state index contributed by atoms with van der Waals surface area (Å²) in [7, 11) is 1.65. The second-order valence-corrected chi connectivity index (χ2v) is 5.29. The number of benzene rings is 2. The van der Waals surface area contributed by atoms with E-state index < -0.39 is 0 Å². The third-order valence-electron chi connectivity index (χ3n) is 3.75. The fourth-order valence-electron chi connectivity index (χ4n) is 2.42. The molecule has 1 amide bonds. The Morgan fingerprint density at radius 3 is 2.36 bits per heavy atom. The number of ether oxygens (including phenoxy) is 1. The summed E-state index contributed by atoms with van der Waals surface area (Å²) < 4.78 is 5.13. The van der Waals surface area contributed by atoms with Crippen LogP contribution in [0.5, 0.6) is 5.75 Å². The van der Waals surface area contributed by atoms with Crippen molar-refractivity contribution >= 4 is 5.91 Å². The highest BCUT2D eigenvalue weighted by Crippen LogP contribution is 2.17. The van der Waals surface area contributed by atoms with Gasteiger partial charge in [-0.15, -0.1) is 0 Å². The van der Waals surface area contributed by atoms with Gasteiger partial charge in [0.1, 0.15) is 5.75 Å². The molecule has 2 rings (SSSR count). The first-order chi connectivity index (χ1) is 10.7. The van der Waals surface area contributed by atoms with Gasteiger partial charge in [0, 0.05) is 6.42 Å². The maximum Gasteiger partial charge on any atom is 0.220 e. The minimum Gasteiger partial charge on any atom is -0.497 e. The zero-order valence-electron chi connectivity index (χ0n) is 13.2. The SMILES string of the molecule is CCC(NC(=O)CCc1ccc(OC)cc1)c1ccccc1. The lowest BCUT2D eigenvalue weighted by molar-refractivity contribution is -0.121. The zero-order chi connectivity index (χ0) is 15.8. The molecule has 0 aliphatic heterocycles. The summed E-state index contributed by atoms with van der Waals surface area (Å²) in [6.07, 6.45) is 2.12. The summed E-state index contributed by atoms with van der Waals surface area (Å²) in [5.74, 6) is 0.926. The van der Waals surface area contributed by atoms with E-state index in [1.807, 2.05) is 42.5 Å². The van der Waals surface area contributed by atoms with Gasteiger partial charge in [-0.05, 0) is 36.1 Å². The summed E-state index contributed by atoms with van der Waals surface area (Å²) in [5, 5.41) is 3.11. The highest BCUT2D eigenvalue weighted by atomic mass is 16.5. The van der Waals surface area contributed by atoms with E-state index in [0.717, 1.165) is 29.7 Å². The van der Waals surface area contributed by atoms with Crippen LogP contribution in [0.25, 0.3) is 0 Å². The number of carbonyl (C=O) groups excluding carboxylic acids is 1. The fourth-order valence-corrected chi connectivity index (χ4v) is 2.42. The summed E-state index contributed by atoms with van der Waals surface area (Å²) in [4.78, 5) is 12.1. The normalized spacial score (nSPS) is 11.7. The van der Waals surface area contributed by atoms with E-state index in [-0.39, 0.29) is 11.9 Å². The first-order valence-corrected chi connectivity index (χ1v) is 7.70. The monoisotopic (exact) mass is 297 g/mol. The lowest BCUT2D eigenvalue weighted by Gasteiger charge is -2.17. The van der Waals surface area contributed by atoms with E-state index in [1.54, 1.807) is 7.11 Å². The van der Waals surface area contributed by atoms with E-state index in [0.29, 0.717) is 6.42 Å². The van der Waals surface area contributed by atoms with E-state index in [9.17, 15) is 4.79 Å². The molecule has 0 aliphatic carbocycles. The number of methoxy groups -OCH3 is 1. The highest BCUT2D eigenvalue weighted by Gasteiger charge is 2.12. The Labute approximate surface area is 132 Å². The van der Waals surface area contributed by atoms with Gasteiger partial charge in [0.25, 0.3) is 0 Å². The lowest BCUT2D eigenvalue weighted by atomic mass is 10.0. The van der Waals surface area contributed by atoms with Crippen molar-refractivity contribution in [2.45, 2.75) is 32.2 Å². The van der Waals surface area contributed by atoms with Gasteiger partial charge >= 0.3 is 0 Å². The van der Waals surface area contributed by atoms with Crippen molar-refractivity contribution in [2.24, 2.45) is 0 Å². The quantitative estimate of drug-likeness (QED) is 0.842. The molecule has 0 saturated carbocycles. The molecule has 0 bridgehead atoms. The van der Waals surface area contributed by atoms with Gasteiger partial charge in [0.2, 0.25) is 5.91 Å². The van der Waals surface area contributed by atoms with Crippen LogP contribution in [0.2, 0.25) is 0 Å². The minimum absolute atomic E-state index is 0.0876. The maximum atomic E-state index is 12.1. The topological polar surface area (TPSA) is 38.3 Å². The third-order valence-corrected chi connectivity index (χ3v) is 3.75. The van der Waals surface area contributed by atoms with Crippen LogP contribution in [-0.2, 0) is 11.2 Å². The molecule has 0 heterocycles. The first kappa shape index (κ1) is 16.1. The number of aryl methyl sites for hydroxylation is 1. The van der Waals surface area contributed by atoms with Crippen molar-refractivity contribution in [2.75, 3.05) is 7.11 Å². The fraction of sp³-hybridized carbons (Fsp3) is 0.316. The molecule has 22 heavy (non-hydrogen) atoms. The van der Waals surface area contributed by atoms with Gasteiger partial charge < -0.3 is 10.1 Å². The van der Waals surface area contributed by atoms with Gasteiger partial charge in [-0.25, -0.2) is 0 Å². The van der Waals surface area contributed by atoms with Crippen LogP contribution in [0.15, 0.2) is 54.6 Å². The van der Waals surface area contributed by atoms with Crippen LogP contribution in [0.1, 0.15) is 36.9 Å². The minimum atomic E-state index is 0.0876. The first-order valence-electron chi connectivity index (χ1n) is 7.70. The predicted molar refractivity (Wildman–Crippen MR) is 88.9 cm³/mol. The molecular weight excluding hydrogens is 274 g/mol. The molecule has 3 heteroatoms. The standard InChI is InChI=1S/C19H23NO2/c1-3-18(16-7-5-4-6-8-16)20-19(21)14-11-15-9-12-17(22-2)13-10-15/h4-10,12-13,18H,3,11,14H2,1-2H3,(H,20,21). The number of rotatable bonds is 7. The maximum absolute atomic E-state index is 12.1. The Morgan fingerprint density at radius 2 is 1.77 bits per heavy atom. The summed E-state index contributed by atoms with van der Waals surface area (Å²) in [6, 6.07) is 18.0. The van der Waals surface area contributed by atoms with Crippen molar-refractivity contribution in [1.29, 1.82) is 0 Å². The van der Waals surface area contributed by atoms with Crippen LogP contribution in [0.3, 0.4) is 0 Å².